The van der Waals surface area contributed by atoms with Crippen molar-refractivity contribution in [2.75, 3.05) is 6.54 Å². The molecule has 0 amide bonds. The second-order valence-corrected chi connectivity index (χ2v) is 6.54. The fourth-order valence-corrected chi connectivity index (χ4v) is 3.12. The van der Waals surface area contributed by atoms with E-state index in [0.29, 0.717) is 6.04 Å². The number of rotatable bonds is 2. The van der Waals surface area contributed by atoms with Crippen LogP contribution in [-0.4, -0.2) is 12.6 Å². The first kappa shape index (κ1) is 15.8. The summed E-state index contributed by atoms with van der Waals surface area (Å²) in [5.41, 5.74) is 9.30. The van der Waals surface area contributed by atoms with Crippen molar-refractivity contribution in [2.24, 2.45) is 0 Å². The predicted molar refractivity (Wildman–Crippen MR) is 100 cm³/mol. The molecule has 1 heterocycles. The lowest BCUT2D eigenvalue weighted by atomic mass is 9.87. The second kappa shape index (κ2) is 6.55. The smallest absolute Gasteiger partial charge is 0.0260 e. The largest absolute Gasteiger partial charge is 0.307 e. The van der Waals surface area contributed by atoms with Crippen molar-refractivity contribution < 1.29 is 0 Å². The van der Waals surface area contributed by atoms with E-state index >= 15 is 0 Å². The Morgan fingerprint density at radius 3 is 1.87 bits per heavy atom. The van der Waals surface area contributed by atoms with E-state index in [-0.39, 0.29) is 0 Å². The molecule has 0 fully saturated rings. The Morgan fingerprint density at radius 1 is 0.783 bits per heavy atom. The summed E-state index contributed by atoms with van der Waals surface area (Å²) >= 11 is 0. The van der Waals surface area contributed by atoms with E-state index in [0.717, 1.165) is 6.54 Å². The predicted octanol–water partition coefficient (Wildman–Crippen LogP) is 5.15. The minimum atomic E-state index is 0.380. The van der Waals surface area contributed by atoms with Crippen molar-refractivity contribution in [3.05, 3.63) is 82.4 Å². The van der Waals surface area contributed by atoms with Gasteiger partial charge in [-0.3, -0.25) is 0 Å². The summed E-state index contributed by atoms with van der Waals surface area (Å²) in [5.74, 6) is 0. The van der Waals surface area contributed by atoms with Gasteiger partial charge in [0.05, 0.1) is 0 Å². The fourth-order valence-electron chi connectivity index (χ4n) is 3.12. The molecule has 2 aromatic rings. The van der Waals surface area contributed by atoms with Gasteiger partial charge in [-0.1, -0.05) is 65.7 Å². The van der Waals surface area contributed by atoms with Gasteiger partial charge in [-0.05, 0) is 55.5 Å². The molecule has 1 atom stereocenters. The molecule has 1 nitrogen and oxygen atoms in total. The zero-order valence-corrected chi connectivity index (χ0v) is 14.5. The molecule has 2 aromatic carbocycles. The van der Waals surface area contributed by atoms with E-state index < -0.39 is 0 Å². The Morgan fingerprint density at radius 2 is 1.30 bits per heavy atom. The molecule has 0 aliphatic carbocycles. The van der Waals surface area contributed by atoms with Gasteiger partial charge in [0.1, 0.15) is 0 Å². The van der Waals surface area contributed by atoms with Gasteiger partial charge >= 0.3 is 0 Å². The van der Waals surface area contributed by atoms with Gasteiger partial charge in [0.2, 0.25) is 0 Å². The van der Waals surface area contributed by atoms with Crippen LogP contribution in [0.15, 0.2) is 60.2 Å². The Bertz CT molecular complexity index is 746. The molecule has 1 heteroatoms. The van der Waals surface area contributed by atoms with E-state index in [4.69, 9.17) is 0 Å². The first-order valence-electron chi connectivity index (χ1n) is 8.35. The molecule has 0 spiro atoms. The van der Waals surface area contributed by atoms with Crippen molar-refractivity contribution in [1.82, 2.24) is 5.32 Å². The summed E-state index contributed by atoms with van der Waals surface area (Å²) in [7, 11) is 0. The molecular formula is C22H25N. The number of nitrogens with one attached hydrogen (secondary N) is 1. The molecule has 0 saturated heterocycles. The number of allylic oxidation sites excluding steroid dienone is 2. The molecule has 0 aromatic heterocycles. The van der Waals surface area contributed by atoms with Crippen LogP contribution in [0.25, 0.3) is 11.1 Å². The molecule has 23 heavy (non-hydrogen) atoms. The van der Waals surface area contributed by atoms with Crippen molar-refractivity contribution >= 4 is 11.1 Å². The second-order valence-electron chi connectivity index (χ2n) is 6.54. The maximum atomic E-state index is 3.58. The number of benzene rings is 2. The minimum absolute atomic E-state index is 0.380. The van der Waals surface area contributed by atoms with Gasteiger partial charge in [-0.15, -0.1) is 0 Å². The maximum absolute atomic E-state index is 3.58. The van der Waals surface area contributed by atoms with E-state index in [9.17, 15) is 0 Å². The molecule has 3 rings (SSSR count). The summed E-state index contributed by atoms with van der Waals surface area (Å²) in [4.78, 5) is 0. The summed E-state index contributed by atoms with van der Waals surface area (Å²) < 4.78 is 0. The average molecular weight is 303 g/mol. The van der Waals surface area contributed by atoms with Crippen LogP contribution in [0.1, 0.15) is 36.1 Å². The Balaban J connectivity index is 2.16. The summed E-state index contributed by atoms with van der Waals surface area (Å²) in [6.07, 6.45) is 2.33. The molecule has 0 radical (unpaired) electrons. The molecule has 1 aliphatic heterocycles. The van der Waals surface area contributed by atoms with E-state index in [1.165, 1.54) is 39.0 Å². The van der Waals surface area contributed by atoms with E-state index in [1.54, 1.807) is 0 Å². The third-order valence-electron chi connectivity index (χ3n) is 4.75. The van der Waals surface area contributed by atoms with Crippen LogP contribution < -0.4 is 5.32 Å². The van der Waals surface area contributed by atoms with Gasteiger partial charge in [-0.2, -0.15) is 0 Å². The van der Waals surface area contributed by atoms with Crippen molar-refractivity contribution in [2.45, 2.75) is 33.7 Å². The van der Waals surface area contributed by atoms with Crippen LogP contribution >= 0.6 is 0 Å². The van der Waals surface area contributed by atoms with Crippen LogP contribution in [-0.2, 0) is 0 Å². The standard InChI is InChI=1S/C22H25N/c1-15-5-9-19(10-6-15)21-13-14-23-18(4)17(3)22(21)20-11-7-16(2)8-12-20/h5-13,18,23H,14H2,1-4H3. The first-order valence-corrected chi connectivity index (χ1v) is 8.35. The van der Waals surface area contributed by atoms with Crippen molar-refractivity contribution in [3.63, 3.8) is 0 Å². The normalized spacial score (nSPS) is 18.6. The van der Waals surface area contributed by atoms with Gasteiger partial charge in [0.15, 0.2) is 0 Å². The summed E-state index contributed by atoms with van der Waals surface area (Å²) in [6, 6.07) is 18.1. The lowest BCUT2D eigenvalue weighted by Crippen LogP contribution is -2.26. The highest BCUT2D eigenvalue weighted by molar-refractivity contribution is 6.06. The van der Waals surface area contributed by atoms with Gasteiger partial charge in [0, 0.05) is 12.6 Å². The highest BCUT2D eigenvalue weighted by atomic mass is 14.9. The van der Waals surface area contributed by atoms with Gasteiger partial charge in [0.25, 0.3) is 0 Å². The number of hydrogen-bond acceptors (Lipinski definition) is 1. The quantitative estimate of drug-likeness (QED) is 0.809. The average Bonchev–Trinajstić information content (AvgIpc) is 2.69. The zero-order chi connectivity index (χ0) is 16.4. The Labute approximate surface area is 139 Å². The zero-order valence-electron chi connectivity index (χ0n) is 14.5. The first-order chi connectivity index (χ1) is 11.1. The van der Waals surface area contributed by atoms with Crippen LogP contribution in [0.4, 0.5) is 0 Å². The molecule has 0 bridgehead atoms. The summed E-state index contributed by atoms with van der Waals surface area (Å²) in [6.45, 7) is 9.67. The highest BCUT2D eigenvalue weighted by Gasteiger charge is 2.19. The third kappa shape index (κ3) is 3.30. The van der Waals surface area contributed by atoms with Crippen LogP contribution in [0.5, 0.6) is 0 Å². The van der Waals surface area contributed by atoms with Crippen molar-refractivity contribution in [1.29, 1.82) is 0 Å². The molecular weight excluding hydrogens is 278 g/mol. The van der Waals surface area contributed by atoms with Gasteiger partial charge < -0.3 is 5.32 Å². The van der Waals surface area contributed by atoms with Crippen LogP contribution in [0.2, 0.25) is 0 Å². The Hall–Kier alpha value is -2.12. The molecule has 1 aliphatic rings. The summed E-state index contributed by atoms with van der Waals surface area (Å²) in [5, 5.41) is 3.58. The van der Waals surface area contributed by atoms with Gasteiger partial charge in [-0.25, -0.2) is 0 Å². The topological polar surface area (TPSA) is 12.0 Å². The lowest BCUT2D eigenvalue weighted by Gasteiger charge is -2.19. The fraction of sp³-hybridized carbons (Fsp3) is 0.273. The third-order valence-corrected chi connectivity index (χ3v) is 4.75. The molecule has 0 saturated carbocycles. The molecule has 1 N–H and O–H groups in total. The van der Waals surface area contributed by atoms with Crippen LogP contribution in [0.3, 0.4) is 0 Å². The maximum Gasteiger partial charge on any atom is 0.0260 e. The SMILES string of the molecule is CC1=C(c2ccc(C)cc2)C(c2ccc(C)cc2)=CCNC1C. The molecule has 1 unspecified atom stereocenters. The Kier molecular flexibility index (Phi) is 4.49. The number of aryl methyl sites for hydroxylation is 2. The molecule has 118 valence electrons. The van der Waals surface area contributed by atoms with Crippen LogP contribution in [0, 0.1) is 13.8 Å². The van der Waals surface area contributed by atoms with Crippen molar-refractivity contribution in [3.8, 4) is 0 Å². The monoisotopic (exact) mass is 303 g/mol. The van der Waals surface area contributed by atoms with E-state index in [2.05, 4.69) is 87.6 Å². The van der Waals surface area contributed by atoms with E-state index in [1.807, 2.05) is 0 Å². The highest BCUT2D eigenvalue weighted by Crippen LogP contribution is 2.36. The lowest BCUT2D eigenvalue weighted by molar-refractivity contribution is 0.660. The minimum Gasteiger partial charge on any atom is -0.307 e. The number of hydrogen-bond donors (Lipinski definition) is 1.